The number of aromatic nitrogens is 4. The van der Waals surface area contributed by atoms with Crippen LogP contribution in [0.2, 0.25) is 0 Å². The number of H-pyrrole nitrogens is 2. The maximum Gasteiger partial charge on any atom is 0.407 e. The van der Waals surface area contributed by atoms with Crippen LogP contribution in [0.3, 0.4) is 0 Å². The molecule has 2 aromatic heterocycles. The number of hydrogen-bond donors (Lipinski definition) is 4. The number of amides is 4. The number of carbonyl (C=O) groups excluding carboxylic acids is 4. The first-order valence-corrected chi connectivity index (χ1v) is 22.1. The predicted octanol–water partition coefficient (Wildman–Crippen LogP) is 7.09. The van der Waals surface area contributed by atoms with E-state index in [4.69, 9.17) is 28.9 Å². The number of likely N-dealkylation sites (tertiary alicyclic amines) is 2. The standard InChI is InChI=1S/C47H56F2N8O9/c1-23(2)38(54-46(60)63-6)43(58)56-18-25(20-62-5)12-35(56)41-50-17-34(52-41)28-8-10-30-29(14-28)22-65-37-16-31-27(15-32(30)37)9-11-33-40(31)53-42(51-33)36-13-26(21-66-45(48)49)19-57(36)44(59)39(24(3)4)55-47(61)64-7/h8-11,14-17,23-26,35-36,38-39,45H,12-13,18-22H2,1-7H3,(H,50,52)(H,51,53)(H,54,60)(H,55,61)/t25-,26-,35?,36?,38-,39-/m0/s1. The van der Waals surface area contributed by atoms with Crippen molar-refractivity contribution >= 4 is 45.8 Å². The lowest BCUT2D eigenvalue weighted by Crippen LogP contribution is -2.51. The Balaban J connectivity index is 1.06. The van der Waals surface area contributed by atoms with E-state index in [1.165, 1.54) is 14.2 Å². The van der Waals surface area contributed by atoms with Gasteiger partial charge >= 0.3 is 18.8 Å². The van der Waals surface area contributed by atoms with E-state index in [0.29, 0.717) is 55.5 Å². The Morgan fingerprint density at radius 1 is 0.803 bits per heavy atom. The average Bonchev–Trinajstić information content (AvgIpc) is 4.13. The van der Waals surface area contributed by atoms with Gasteiger partial charge in [-0.2, -0.15) is 8.78 Å². The summed E-state index contributed by atoms with van der Waals surface area (Å²) < 4.78 is 52.4. The fourth-order valence-electron chi connectivity index (χ4n) is 9.58. The summed E-state index contributed by atoms with van der Waals surface area (Å²) in [4.78, 5) is 72.4. The molecule has 3 aliphatic rings. The molecule has 352 valence electrons. The van der Waals surface area contributed by atoms with Gasteiger partial charge in [-0.25, -0.2) is 19.6 Å². The van der Waals surface area contributed by atoms with E-state index in [2.05, 4.69) is 43.5 Å². The molecular weight excluding hydrogens is 859 g/mol. The maximum atomic E-state index is 14.1. The summed E-state index contributed by atoms with van der Waals surface area (Å²) in [5, 5.41) is 7.07. The average molecular weight is 915 g/mol. The number of hydrogen-bond acceptors (Lipinski definition) is 11. The van der Waals surface area contributed by atoms with Gasteiger partial charge in [0.15, 0.2) is 0 Å². The molecule has 17 nitrogen and oxygen atoms in total. The number of nitrogens with one attached hydrogen (secondary N) is 4. The number of alkyl carbamates (subject to hydrolysis) is 2. The molecule has 2 saturated heterocycles. The molecule has 3 aromatic carbocycles. The van der Waals surface area contributed by atoms with Crippen molar-refractivity contribution in [2.45, 2.75) is 77.9 Å². The Kier molecular flexibility index (Phi) is 13.5. The smallest absolute Gasteiger partial charge is 0.407 e. The number of nitrogens with zero attached hydrogens (tertiary/aromatic N) is 4. The molecule has 6 atom stereocenters. The summed E-state index contributed by atoms with van der Waals surface area (Å²) in [6.07, 6.45) is 1.30. The second kappa shape index (κ2) is 19.2. The van der Waals surface area contributed by atoms with E-state index in [0.717, 1.165) is 44.2 Å². The van der Waals surface area contributed by atoms with Crippen LogP contribution in [0.15, 0.2) is 48.7 Å². The van der Waals surface area contributed by atoms with Gasteiger partial charge in [-0.3, -0.25) is 9.59 Å². The Morgan fingerprint density at radius 3 is 2.05 bits per heavy atom. The monoisotopic (exact) mass is 914 g/mol. The van der Waals surface area contributed by atoms with Crippen LogP contribution in [0.4, 0.5) is 18.4 Å². The summed E-state index contributed by atoms with van der Waals surface area (Å²) >= 11 is 0. The Morgan fingerprint density at radius 2 is 1.44 bits per heavy atom. The lowest BCUT2D eigenvalue weighted by molar-refractivity contribution is -0.139. The molecule has 19 heteroatoms. The van der Waals surface area contributed by atoms with Gasteiger partial charge in [-0.05, 0) is 71.0 Å². The number of alkyl halides is 2. The molecule has 4 amide bonds. The van der Waals surface area contributed by atoms with Crippen LogP contribution >= 0.6 is 0 Å². The van der Waals surface area contributed by atoms with E-state index in [1.54, 1.807) is 37.0 Å². The van der Waals surface area contributed by atoms with Gasteiger partial charge in [-0.1, -0.05) is 45.9 Å². The maximum absolute atomic E-state index is 14.1. The number of fused-ring (bicyclic) bond motifs is 6. The summed E-state index contributed by atoms with van der Waals surface area (Å²) in [7, 11) is 4.13. The minimum Gasteiger partial charge on any atom is -0.488 e. The van der Waals surface area contributed by atoms with Crippen molar-refractivity contribution in [1.82, 2.24) is 40.4 Å². The molecule has 5 heterocycles. The summed E-state index contributed by atoms with van der Waals surface area (Å²) in [6, 6.07) is 11.5. The highest BCUT2D eigenvalue weighted by Crippen LogP contribution is 2.44. The molecule has 0 aliphatic carbocycles. The van der Waals surface area contributed by atoms with E-state index >= 15 is 0 Å². The van der Waals surface area contributed by atoms with Crippen molar-refractivity contribution in [1.29, 1.82) is 0 Å². The molecule has 0 saturated carbocycles. The molecule has 2 unspecified atom stereocenters. The third kappa shape index (κ3) is 9.22. The number of rotatable bonds is 14. The lowest BCUT2D eigenvalue weighted by atomic mass is 9.92. The Hall–Kier alpha value is -6.34. The Bertz CT molecular complexity index is 2620. The van der Waals surface area contributed by atoms with Gasteiger partial charge in [0.2, 0.25) is 11.8 Å². The highest BCUT2D eigenvalue weighted by Gasteiger charge is 2.43. The van der Waals surface area contributed by atoms with Crippen LogP contribution in [0.25, 0.3) is 44.2 Å². The Labute approximate surface area is 380 Å². The summed E-state index contributed by atoms with van der Waals surface area (Å²) in [5.41, 5.74) is 5.95. The van der Waals surface area contributed by atoms with Crippen molar-refractivity contribution < 1.29 is 51.6 Å². The van der Waals surface area contributed by atoms with Crippen molar-refractivity contribution in [3.8, 4) is 28.1 Å². The van der Waals surface area contributed by atoms with Crippen LogP contribution in [0, 0.1) is 23.7 Å². The fourth-order valence-corrected chi connectivity index (χ4v) is 9.58. The lowest BCUT2D eigenvalue weighted by Gasteiger charge is -2.30. The number of benzene rings is 3. The number of aromatic amines is 2. The molecule has 5 aromatic rings. The number of methoxy groups -OCH3 is 3. The zero-order valence-electron chi connectivity index (χ0n) is 38.0. The van der Waals surface area contributed by atoms with Crippen LogP contribution in [0.1, 0.15) is 69.8 Å². The van der Waals surface area contributed by atoms with E-state index in [9.17, 15) is 28.0 Å². The van der Waals surface area contributed by atoms with E-state index < -0.39 is 42.8 Å². The zero-order valence-corrected chi connectivity index (χ0v) is 38.0. The SMILES string of the molecule is COC[C@H]1CC(c2ncc(-c3ccc4c(c3)COc3cc5c(ccc6[nH]c(C7C[C@H](COC(F)F)CN7C(=O)[C@@H](NC(=O)OC)C(C)C)nc65)cc3-4)[nH]2)N(C(=O)[C@@H](NC(=O)OC)C(C)C)C1. The normalized spacial score (nSPS) is 20.1. The zero-order chi connectivity index (χ0) is 47.0. The van der Waals surface area contributed by atoms with Crippen molar-refractivity contribution in [2.24, 2.45) is 23.7 Å². The molecule has 3 aliphatic heterocycles. The largest absolute Gasteiger partial charge is 0.488 e. The van der Waals surface area contributed by atoms with Crippen molar-refractivity contribution in [3.05, 3.63) is 65.9 Å². The quantitative estimate of drug-likeness (QED) is 0.0886. The van der Waals surface area contributed by atoms with Crippen LogP contribution in [-0.2, 0) is 35.1 Å². The third-order valence-electron chi connectivity index (χ3n) is 12.9. The molecule has 8 rings (SSSR count). The molecule has 4 N–H and O–H groups in total. The molecule has 0 bridgehead atoms. The van der Waals surface area contributed by atoms with Gasteiger partial charge in [-0.15, -0.1) is 0 Å². The first-order valence-electron chi connectivity index (χ1n) is 22.1. The van der Waals surface area contributed by atoms with Gasteiger partial charge in [0.25, 0.3) is 0 Å². The second-order valence-electron chi connectivity index (χ2n) is 18.0. The fraction of sp³-hybridized carbons (Fsp3) is 0.489. The van der Waals surface area contributed by atoms with Gasteiger partial charge < -0.3 is 54.1 Å². The minimum atomic E-state index is -2.95. The van der Waals surface area contributed by atoms with Crippen LogP contribution in [0.5, 0.6) is 5.75 Å². The first-order chi connectivity index (χ1) is 31.7. The molecule has 0 spiro atoms. The summed E-state index contributed by atoms with van der Waals surface area (Å²) in [5.74, 6) is 0.420. The number of ether oxygens (including phenoxy) is 5. The summed E-state index contributed by atoms with van der Waals surface area (Å²) in [6.45, 7) is 5.52. The predicted molar refractivity (Wildman–Crippen MR) is 238 cm³/mol. The first kappa shape index (κ1) is 46.2. The minimum absolute atomic E-state index is 0.0797. The number of halogens is 2. The molecule has 2 fully saturated rings. The van der Waals surface area contributed by atoms with Crippen LogP contribution in [-0.4, -0.2) is 120 Å². The number of imidazole rings is 2. The van der Waals surface area contributed by atoms with Gasteiger partial charge in [0, 0.05) is 43.0 Å². The topological polar surface area (TPSA) is 202 Å². The van der Waals surface area contributed by atoms with Gasteiger partial charge in [0.05, 0.1) is 62.4 Å². The molecular formula is C47H56F2N8O9. The van der Waals surface area contributed by atoms with Crippen LogP contribution < -0.4 is 15.4 Å². The van der Waals surface area contributed by atoms with E-state index in [1.807, 2.05) is 38.1 Å². The van der Waals surface area contributed by atoms with Crippen molar-refractivity contribution in [2.75, 3.05) is 47.6 Å². The molecule has 0 radical (unpaired) electrons. The highest BCUT2D eigenvalue weighted by molar-refractivity contribution is 6.07. The second-order valence-corrected chi connectivity index (χ2v) is 18.0. The molecule has 66 heavy (non-hydrogen) atoms. The van der Waals surface area contributed by atoms with Crippen molar-refractivity contribution in [3.63, 3.8) is 0 Å². The van der Waals surface area contributed by atoms with Gasteiger partial charge in [0.1, 0.15) is 36.1 Å². The highest BCUT2D eigenvalue weighted by atomic mass is 19.3. The van der Waals surface area contributed by atoms with E-state index in [-0.39, 0.29) is 48.8 Å². The number of carbonyl (C=O) groups is 4. The third-order valence-corrected chi connectivity index (χ3v) is 12.9.